The zero-order chi connectivity index (χ0) is 18.3. The molecule has 4 saturated carbocycles. The van der Waals surface area contributed by atoms with Crippen LogP contribution < -0.4 is 0 Å². The molecular formula is C24H40O2. The molecule has 3 unspecified atom stereocenters. The summed E-state index contributed by atoms with van der Waals surface area (Å²) < 4.78 is 0. The summed E-state index contributed by atoms with van der Waals surface area (Å²) in [5, 5.41) is 9.90. The van der Waals surface area contributed by atoms with Gasteiger partial charge in [-0.15, -0.1) is 0 Å². The third-order valence-electron chi connectivity index (χ3n) is 9.48. The largest absolute Gasteiger partial charge is 0.481 e. The molecule has 2 nitrogen and oxygen atoms in total. The van der Waals surface area contributed by atoms with Crippen LogP contribution in [0.15, 0.2) is 0 Å². The molecule has 0 spiro atoms. The lowest BCUT2D eigenvalue weighted by Crippen LogP contribution is -2.52. The van der Waals surface area contributed by atoms with E-state index in [2.05, 4.69) is 13.8 Å². The van der Waals surface area contributed by atoms with Crippen molar-refractivity contribution in [1.29, 1.82) is 0 Å². The van der Waals surface area contributed by atoms with Crippen molar-refractivity contribution in [3.63, 3.8) is 0 Å². The highest BCUT2D eigenvalue weighted by atomic mass is 16.4. The fourth-order valence-electron chi connectivity index (χ4n) is 8.51. The van der Waals surface area contributed by atoms with Gasteiger partial charge in [-0.1, -0.05) is 58.8 Å². The van der Waals surface area contributed by atoms with Crippen LogP contribution >= 0.6 is 0 Å². The van der Waals surface area contributed by atoms with Gasteiger partial charge >= 0.3 is 5.97 Å². The molecular weight excluding hydrogens is 320 g/mol. The van der Waals surface area contributed by atoms with Crippen LogP contribution in [0.4, 0.5) is 0 Å². The number of carboxylic acids is 1. The number of rotatable bonds is 5. The van der Waals surface area contributed by atoms with Crippen molar-refractivity contribution in [3.05, 3.63) is 0 Å². The second-order valence-corrected chi connectivity index (χ2v) is 10.6. The van der Waals surface area contributed by atoms with Crippen LogP contribution in [0.5, 0.6) is 0 Å². The van der Waals surface area contributed by atoms with E-state index >= 15 is 0 Å². The molecule has 0 heterocycles. The van der Waals surface area contributed by atoms with E-state index in [1.54, 1.807) is 0 Å². The number of aliphatic carboxylic acids is 1. The number of carboxylic acid groups (broad SMARTS) is 1. The van der Waals surface area contributed by atoms with E-state index in [4.69, 9.17) is 0 Å². The summed E-state index contributed by atoms with van der Waals surface area (Å²) in [6, 6.07) is 0. The van der Waals surface area contributed by atoms with Gasteiger partial charge < -0.3 is 5.11 Å². The lowest BCUT2D eigenvalue weighted by Gasteiger charge is -2.58. The van der Waals surface area contributed by atoms with Crippen molar-refractivity contribution in [3.8, 4) is 0 Å². The number of hydrogen-bond acceptors (Lipinski definition) is 1. The Labute approximate surface area is 160 Å². The van der Waals surface area contributed by atoms with Crippen LogP contribution in [0, 0.1) is 46.8 Å². The van der Waals surface area contributed by atoms with Gasteiger partial charge in [0.1, 0.15) is 0 Å². The molecule has 4 aliphatic carbocycles. The first kappa shape index (κ1) is 18.8. The van der Waals surface area contributed by atoms with E-state index in [-0.39, 0.29) is 11.3 Å². The molecule has 0 aromatic heterocycles. The minimum Gasteiger partial charge on any atom is -0.481 e. The number of hydrogen-bond donors (Lipinski definition) is 1. The molecule has 4 aliphatic rings. The van der Waals surface area contributed by atoms with Crippen molar-refractivity contribution in [2.24, 2.45) is 46.8 Å². The molecule has 4 rings (SSSR count). The molecule has 2 heteroatoms. The van der Waals surface area contributed by atoms with Crippen LogP contribution in [-0.4, -0.2) is 11.1 Å². The van der Waals surface area contributed by atoms with Crippen LogP contribution in [-0.2, 0) is 4.79 Å². The molecule has 4 fully saturated rings. The van der Waals surface area contributed by atoms with Crippen molar-refractivity contribution < 1.29 is 9.90 Å². The van der Waals surface area contributed by atoms with Gasteiger partial charge in [0.15, 0.2) is 0 Å². The fourth-order valence-corrected chi connectivity index (χ4v) is 8.51. The number of unbranched alkanes of at least 4 members (excludes halogenated alkanes) is 2. The normalized spacial score (nSPS) is 47.7. The van der Waals surface area contributed by atoms with Crippen LogP contribution in [0.2, 0.25) is 0 Å². The highest BCUT2D eigenvalue weighted by Gasteiger charge is 2.60. The Morgan fingerprint density at radius 3 is 2.58 bits per heavy atom. The van der Waals surface area contributed by atoms with E-state index in [0.29, 0.717) is 5.92 Å². The molecule has 0 aromatic rings. The summed E-state index contributed by atoms with van der Waals surface area (Å²) in [4.78, 5) is 12.0. The molecule has 0 aliphatic heterocycles. The molecule has 1 N–H and O–H groups in total. The Balaban J connectivity index is 1.62. The highest BCUT2D eigenvalue weighted by Crippen LogP contribution is 2.66. The predicted octanol–water partition coefficient (Wildman–Crippen LogP) is 6.54. The van der Waals surface area contributed by atoms with E-state index in [9.17, 15) is 9.90 Å². The Morgan fingerprint density at radius 2 is 1.81 bits per heavy atom. The van der Waals surface area contributed by atoms with Gasteiger partial charge in [-0.3, -0.25) is 4.79 Å². The predicted molar refractivity (Wildman–Crippen MR) is 106 cm³/mol. The first-order valence-electron chi connectivity index (χ1n) is 11.8. The fraction of sp³-hybridized carbons (Fsp3) is 0.958. The monoisotopic (exact) mass is 360 g/mol. The van der Waals surface area contributed by atoms with Gasteiger partial charge in [-0.25, -0.2) is 0 Å². The van der Waals surface area contributed by atoms with E-state index < -0.39 is 5.97 Å². The lowest BCUT2D eigenvalue weighted by atomic mass is 9.46. The number of carbonyl (C=O) groups is 1. The van der Waals surface area contributed by atoms with Gasteiger partial charge in [0.2, 0.25) is 0 Å². The molecule has 26 heavy (non-hydrogen) atoms. The Hall–Kier alpha value is -0.530. The molecule has 0 saturated heterocycles. The Kier molecular flexibility index (Phi) is 5.41. The van der Waals surface area contributed by atoms with Gasteiger partial charge in [0, 0.05) is 0 Å². The summed E-state index contributed by atoms with van der Waals surface area (Å²) in [7, 11) is 0. The van der Waals surface area contributed by atoms with E-state index in [1.807, 2.05) is 0 Å². The second kappa shape index (κ2) is 7.47. The van der Waals surface area contributed by atoms with Crippen molar-refractivity contribution in [2.45, 2.75) is 97.3 Å². The zero-order valence-electron chi connectivity index (χ0n) is 17.1. The Bertz CT molecular complexity index is 514. The minimum atomic E-state index is -0.507. The van der Waals surface area contributed by atoms with E-state index in [0.717, 1.165) is 36.0 Å². The molecule has 0 amide bonds. The third-order valence-corrected chi connectivity index (χ3v) is 9.48. The quantitative estimate of drug-likeness (QED) is 0.565. The maximum Gasteiger partial charge on any atom is 0.307 e. The topological polar surface area (TPSA) is 37.3 Å². The maximum atomic E-state index is 12.0. The molecule has 0 aromatic carbocycles. The Morgan fingerprint density at radius 1 is 1.00 bits per heavy atom. The first-order valence-corrected chi connectivity index (χ1v) is 11.8. The maximum absolute atomic E-state index is 12.0. The number of fused-ring (bicyclic) bond motifs is 5. The van der Waals surface area contributed by atoms with Crippen LogP contribution in [0.1, 0.15) is 97.3 Å². The third kappa shape index (κ3) is 3.04. The summed E-state index contributed by atoms with van der Waals surface area (Å²) in [5.41, 5.74) is 0.0748. The standard InChI is InChI=1S/C24H40O2/c1-3-4-5-9-17-15-24(2)20(13-14-21(24)23(25)26)19-12-11-16-8-6-7-10-18(16)22(17)19/h16-22H,3-15H2,1-2H3,(H,25,26)/t16?,17?,18-,19-,20-,21?,22+,24-/m0/s1. The molecule has 0 bridgehead atoms. The van der Waals surface area contributed by atoms with Crippen LogP contribution in [0.25, 0.3) is 0 Å². The average Bonchev–Trinajstić information content (AvgIpc) is 2.98. The molecule has 8 atom stereocenters. The minimum absolute atomic E-state index is 0.0748. The van der Waals surface area contributed by atoms with Gasteiger partial charge in [0.25, 0.3) is 0 Å². The lowest BCUT2D eigenvalue weighted by molar-refractivity contribution is -0.152. The summed E-state index contributed by atoms with van der Waals surface area (Å²) >= 11 is 0. The highest BCUT2D eigenvalue weighted by molar-refractivity contribution is 5.71. The first-order chi connectivity index (χ1) is 12.6. The molecule has 0 radical (unpaired) electrons. The van der Waals surface area contributed by atoms with E-state index in [1.165, 1.54) is 77.0 Å². The SMILES string of the molecule is CCCCCC1C[C@]2(C)C(C(=O)O)CC[C@H]2[C@@H]2CCC3CCCC[C@@H]3[C@@H]12. The second-order valence-electron chi connectivity index (χ2n) is 10.6. The van der Waals surface area contributed by atoms with Crippen molar-refractivity contribution in [1.82, 2.24) is 0 Å². The summed E-state index contributed by atoms with van der Waals surface area (Å²) in [6.45, 7) is 4.68. The van der Waals surface area contributed by atoms with Gasteiger partial charge in [-0.2, -0.15) is 0 Å². The van der Waals surface area contributed by atoms with Crippen LogP contribution in [0.3, 0.4) is 0 Å². The summed E-state index contributed by atoms with van der Waals surface area (Å²) in [5.74, 6) is 4.65. The zero-order valence-corrected chi connectivity index (χ0v) is 17.1. The average molecular weight is 361 g/mol. The molecule has 148 valence electrons. The van der Waals surface area contributed by atoms with Crippen molar-refractivity contribution in [2.75, 3.05) is 0 Å². The van der Waals surface area contributed by atoms with Gasteiger partial charge in [-0.05, 0) is 79.4 Å². The van der Waals surface area contributed by atoms with Crippen molar-refractivity contribution >= 4 is 5.97 Å². The smallest absolute Gasteiger partial charge is 0.307 e. The summed E-state index contributed by atoms with van der Waals surface area (Å²) in [6.07, 6.45) is 17.4. The van der Waals surface area contributed by atoms with Gasteiger partial charge in [0.05, 0.1) is 5.92 Å².